The zero-order valence-electron chi connectivity index (χ0n) is 14.8. The van der Waals surface area contributed by atoms with Crippen molar-refractivity contribution < 1.29 is 14.7 Å². The number of aromatic carboxylic acids is 1. The average Bonchev–Trinajstić information content (AvgIpc) is 2.92. The minimum Gasteiger partial charge on any atom is -0.545 e. The van der Waals surface area contributed by atoms with Gasteiger partial charge in [0.15, 0.2) is 0 Å². The van der Waals surface area contributed by atoms with Crippen molar-refractivity contribution in [2.24, 2.45) is 0 Å². The van der Waals surface area contributed by atoms with E-state index in [4.69, 9.17) is 0 Å². The molecule has 4 nitrogen and oxygen atoms in total. The SMILES string of the molecule is CC(C)(C)c1ccc(C(=O)Nc2sc3c(c2C(=O)[O-])CCCC3)cc1. The second-order valence-electron chi connectivity index (χ2n) is 7.48. The first-order chi connectivity index (χ1) is 11.8. The van der Waals surface area contributed by atoms with Crippen LogP contribution in [0.2, 0.25) is 0 Å². The van der Waals surface area contributed by atoms with E-state index in [-0.39, 0.29) is 16.9 Å². The van der Waals surface area contributed by atoms with Crippen LogP contribution in [-0.4, -0.2) is 11.9 Å². The topological polar surface area (TPSA) is 69.2 Å². The molecule has 0 bridgehead atoms. The van der Waals surface area contributed by atoms with Gasteiger partial charge >= 0.3 is 0 Å². The van der Waals surface area contributed by atoms with Crippen molar-refractivity contribution in [2.75, 3.05) is 5.32 Å². The van der Waals surface area contributed by atoms with Crippen LogP contribution < -0.4 is 10.4 Å². The maximum absolute atomic E-state index is 12.5. The third-order valence-electron chi connectivity index (χ3n) is 4.62. The van der Waals surface area contributed by atoms with Crippen molar-refractivity contribution in [3.8, 4) is 0 Å². The number of hydrogen-bond acceptors (Lipinski definition) is 4. The number of rotatable bonds is 3. The van der Waals surface area contributed by atoms with Gasteiger partial charge in [-0.1, -0.05) is 32.9 Å². The van der Waals surface area contributed by atoms with Crippen LogP contribution in [0.15, 0.2) is 24.3 Å². The van der Waals surface area contributed by atoms with Crippen molar-refractivity contribution in [1.29, 1.82) is 0 Å². The monoisotopic (exact) mass is 356 g/mol. The zero-order valence-corrected chi connectivity index (χ0v) is 15.6. The molecule has 0 unspecified atom stereocenters. The first-order valence-electron chi connectivity index (χ1n) is 8.55. The van der Waals surface area contributed by atoms with Crippen molar-refractivity contribution in [3.05, 3.63) is 51.4 Å². The number of carboxylic acid groups (broad SMARTS) is 1. The molecule has 25 heavy (non-hydrogen) atoms. The molecule has 1 aromatic heterocycles. The number of aryl methyl sites for hydroxylation is 1. The highest BCUT2D eigenvalue weighted by molar-refractivity contribution is 7.17. The van der Waals surface area contributed by atoms with E-state index in [0.29, 0.717) is 10.6 Å². The predicted octanol–water partition coefficient (Wildman–Crippen LogP) is 3.54. The molecule has 0 saturated heterocycles. The highest BCUT2D eigenvalue weighted by atomic mass is 32.1. The molecule has 0 atom stereocenters. The fourth-order valence-electron chi connectivity index (χ4n) is 3.17. The first kappa shape index (κ1) is 17.7. The Hall–Kier alpha value is -2.14. The molecule has 1 amide bonds. The van der Waals surface area contributed by atoms with Crippen LogP contribution >= 0.6 is 11.3 Å². The quantitative estimate of drug-likeness (QED) is 0.914. The fourth-order valence-corrected chi connectivity index (χ4v) is 4.44. The summed E-state index contributed by atoms with van der Waals surface area (Å²) in [7, 11) is 0. The van der Waals surface area contributed by atoms with Crippen LogP contribution in [0, 0.1) is 0 Å². The Labute approximate surface area is 151 Å². The van der Waals surface area contributed by atoms with Gasteiger partial charge in [0.05, 0.1) is 5.97 Å². The lowest BCUT2D eigenvalue weighted by atomic mass is 9.87. The van der Waals surface area contributed by atoms with Gasteiger partial charge < -0.3 is 15.2 Å². The summed E-state index contributed by atoms with van der Waals surface area (Å²) < 4.78 is 0. The Morgan fingerprint density at radius 3 is 2.32 bits per heavy atom. The number of carbonyl (C=O) groups is 2. The van der Waals surface area contributed by atoms with Gasteiger partial charge in [0, 0.05) is 16.0 Å². The van der Waals surface area contributed by atoms with Gasteiger partial charge in [-0.15, -0.1) is 11.3 Å². The molecule has 1 N–H and O–H groups in total. The maximum Gasteiger partial charge on any atom is 0.256 e. The van der Waals surface area contributed by atoms with Gasteiger partial charge in [0.2, 0.25) is 0 Å². The molecule has 132 valence electrons. The predicted molar refractivity (Wildman–Crippen MR) is 98.4 cm³/mol. The van der Waals surface area contributed by atoms with Crippen LogP contribution in [0.4, 0.5) is 5.00 Å². The highest BCUT2D eigenvalue weighted by Gasteiger charge is 2.23. The third kappa shape index (κ3) is 3.61. The Morgan fingerprint density at radius 2 is 1.72 bits per heavy atom. The molecule has 3 rings (SSSR count). The summed E-state index contributed by atoms with van der Waals surface area (Å²) in [6.45, 7) is 6.35. The van der Waals surface area contributed by atoms with E-state index in [1.807, 2.05) is 12.1 Å². The van der Waals surface area contributed by atoms with Crippen LogP contribution in [0.3, 0.4) is 0 Å². The van der Waals surface area contributed by atoms with Crippen molar-refractivity contribution in [1.82, 2.24) is 0 Å². The molecule has 1 aromatic carbocycles. The van der Waals surface area contributed by atoms with Gasteiger partial charge in [0.1, 0.15) is 5.00 Å². The second-order valence-corrected chi connectivity index (χ2v) is 8.59. The molecule has 2 aromatic rings. The molecule has 1 heterocycles. The number of fused-ring (bicyclic) bond motifs is 1. The lowest BCUT2D eigenvalue weighted by Crippen LogP contribution is -2.25. The molecule has 1 aliphatic carbocycles. The Morgan fingerprint density at radius 1 is 1.08 bits per heavy atom. The van der Waals surface area contributed by atoms with Crippen LogP contribution in [0.5, 0.6) is 0 Å². The molecule has 0 radical (unpaired) electrons. The van der Waals surface area contributed by atoms with Crippen LogP contribution in [-0.2, 0) is 18.3 Å². The lowest BCUT2D eigenvalue weighted by molar-refractivity contribution is -0.254. The number of benzene rings is 1. The summed E-state index contributed by atoms with van der Waals surface area (Å²) in [6.07, 6.45) is 3.65. The first-order valence-corrected chi connectivity index (χ1v) is 9.37. The number of hydrogen-bond donors (Lipinski definition) is 1. The third-order valence-corrected chi connectivity index (χ3v) is 5.82. The van der Waals surface area contributed by atoms with E-state index in [1.165, 1.54) is 11.3 Å². The van der Waals surface area contributed by atoms with E-state index in [1.54, 1.807) is 12.1 Å². The maximum atomic E-state index is 12.5. The summed E-state index contributed by atoms with van der Waals surface area (Å²) in [6, 6.07) is 7.44. The molecule has 1 aliphatic rings. The number of carboxylic acids is 1. The van der Waals surface area contributed by atoms with E-state index in [2.05, 4.69) is 26.1 Å². The molecule has 0 aliphatic heterocycles. The second kappa shape index (κ2) is 6.64. The average molecular weight is 356 g/mol. The minimum atomic E-state index is -1.21. The van der Waals surface area contributed by atoms with Gasteiger partial charge in [-0.05, 0) is 54.4 Å². The summed E-state index contributed by atoms with van der Waals surface area (Å²) in [5.74, 6) is -1.50. The molecular formula is C20H22NO3S-. The number of carbonyl (C=O) groups excluding carboxylic acids is 2. The van der Waals surface area contributed by atoms with E-state index < -0.39 is 5.97 Å². The van der Waals surface area contributed by atoms with Gasteiger partial charge in [-0.25, -0.2) is 0 Å². The fraction of sp³-hybridized carbons (Fsp3) is 0.400. The summed E-state index contributed by atoms with van der Waals surface area (Å²) in [5, 5.41) is 14.8. The standard InChI is InChI=1S/C20H23NO3S/c1-20(2,3)13-10-8-12(9-11-13)17(22)21-18-16(19(23)24)14-6-4-5-7-15(14)25-18/h8-11H,4-7H2,1-3H3,(H,21,22)(H,23,24)/p-1. The smallest absolute Gasteiger partial charge is 0.256 e. The zero-order chi connectivity index (χ0) is 18.2. The molecule has 0 fully saturated rings. The largest absolute Gasteiger partial charge is 0.545 e. The molecular weight excluding hydrogens is 334 g/mol. The molecule has 5 heteroatoms. The number of amides is 1. The molecule has 0 spiro atoms. The Bertz CT molecular complexity index is 813. The van der Waals surface area contributed by atoms with Crippen molar-refractivity contribution in [3.63, 3.8) is 0 Å². The Balaban J connectivity index is 1.86. The van der Waals surface area contributed by atoms with Crippen molar-refractivity contribution in [2.45, 2.75) is 51.9 Å². The molecule has 0 saturated carbocycles. The summed E-state index contributed by atoms with van der Waals surface area (Å²) in [5.41, 5.74) is 2.69. The lowest BCUT2D eigenvalue weighted by Gasteiger charge is -2.19. The number of anilines is 1. The van der Waals surface area contributed by atoms with Gasteiger partial charge in [0.25, 0.3) is 5.91 Å². The number of thiophene rings is 1. The van der Waals surface area contributed by atoms with Gasteiger partial charge in [-0.2, -0.15) is 0 Å². The van der Waals surface area contributed by atoms with Gasteiger partial charge in [-0.3, -0.25) is 4.79 Å². The number of nitrogens with one attached hydrogen (secondary N) is 1. The highest BCUT2D eigenvalue weighted by Crippen LogP contribution is 2.38. The normalized spacial score (nSPS) is 14.0. The Kier molecular flexibility index (Phi) is 4.69. The minimum absolute atomic E-state index is 0.0178. The van der Waals surface area contributed by atoms with E-state index >= 15 is 0 Å². The van der Waals surface area contributed by atoms with E-state index in [0.717, 1.165) is 41.7 Å². The van der Waals surface area contributed by atoms with Crippen molar-refractivity contribution >= 4 is 28.2 Å². The van der Waals surface area contributed by atoms with E-state index in [9.17, 15) is 14.7 Å². The summed E-state index contributed by atoms with van der Waals surface area (Å²) >= 11 is 1.37. The van der Waals surface area contributed by atoms with Crippen LogP contribution in [0.1, 0.15) is 70.3 Å². The summed E-state index contributed by atoms with van der Waals surface area (Å²) in [4.78, 5) is 25.2. The van der Waals surface area contributed by atoms with Crippen LogP contribution in [0.25, 0.3) is 0 Å².